The summed E-state index contributed by atoms with van der Waals surface area (Å²) in [6, 6.07) is 40.5. The number of imidazole rings is 1. The van der Waals surface area contributed by atoms with Gasteiger partial charge < -0.3 is 0 Å². The molecular formula is C35H19N5. The molecule has 5 heteroatoms. The number of para-hydroxylation sites is 2. The first-order valence-electron chi connectivity index (χ1n) is 13.5. The van der Waals surface area contributed by atoms with Crippen LogP contribution in [0.1, 0.15) is 0 Å². The fourth-order valence-electron chi connectivity index (χ4n) is 6.83. The summed E-state index contributed by atoms with van der Waals surface area (Å²) in [6.45, 7) is 0. The van der Waals surface area contributed by atoms with Crippen LogP contribution in [0.15, 0.2) is 115 Å². The van der Waals surface area contributed by atoms with Crippen LogP contribution in [0, 0.1) is 0 Å². The number of hydrogen-bond donors (Lipinski definition) is 0. The van der Waals surface area contributed by atoms with Crippen molar-refractivity contribution in [1.82, 2.24) is 23.9 Å². The normalized spacial score (nSPS) is 12.5. The van der Waals surface area contributed by atoms with Gasteiger partial charge in [-0.2, -0.15) is 0 Å². The van der Waals surface area contributed by atoms with Gasteiger partial charge in [-0.15, -0.1) is 0 Å². The Morgan fingerprint density at radius 3 is 2.00 bits per heavy atom. The molecule has 5 aromatic carbocycles. The summed E-state index contributed by atoms with van der Waals surface area (Å²) in [7, 11) is 0. The number of hydrogen-bond acceptors (Lipinski definition) is 3. The van der Waals surface area contributed by atoms with Crippen molar-refractivity contribution in [3.05, 3.63) is 115 Å². The third-order valence-corrected chi connectivity index (χ3v) is 8.46. The van der Waals surface area contributed by atoms with Crippen molar-refractivity contribution < 1.29 is 0 Å². The zero-order valence-electron chi connectivity index (χ0n) is 21.2. The lowest BCUT2D eigenvalue weighted by Gasteiger charge is -2.09. The Balaban J connectivity index is 1.41. The van der Waals surface area contributed by atoms with Crippen LogP contribution in [0.3, 0.4) is 0 Å². The largest absolute Gasteiger partial charge is 0.289 e. The first kappa shape index (κ1) is 20.4. The van der Waals surface area contributed by atoms with Gasteiger partial charge in [0.05, 0.1) is 22.2 Å². The van der Waals surface area contributed by atoms with Gasteiger partial charge in [-0.3, -0.25) is 8.97 Å². The molecule has 0 N–H and O–H groups in total. The maximum atomic E-state index is 5.35. The molecule has 0 spiro atoms. The van der Waals surface area contributed by atoms with E-state index in [4.69, 9.17) is 15.0 Å². The first-order valence-corrected chi connectivity index (χ1v) is 13.5. The number of aromatic nitrogens is 5. The second kappa shape index (κ2) is 7.10. The van der Waals surface area contributed by atoms with Gasteiger partial charge in [-0.05, 0) is 34.7 Å². The van der Waals surface area contributed by atoms with Gasteiger partial charge in [0.1, 0.15) is 11.2 Å². The van der Waals surface area contributed by atoms with Crippen molar-refractivity contribution in [2.24, 2.45) is 0 Å². The molecule has 40 heavy (non-hydrogen) atoms. The van der Waals surface area contributed by atoms with Crippen LogP contribution in [0.2, 0.25) is 0 Å². The average Bonchev–Trinajstić information content (AvgIpc) is 3.66. The zero-order chi connectivity index (χ0) is 25.9. The molecule has 0 fully saturated rings. The van der Waals surface area contributed by atoms with Crippen LogP contribution in [0.5, 0.6) is 0 Å². The maximum absolute atomic E-state index is 5.35. The zero-order valence-corrected chi connectivity index (χ0v) is 21.2. The van der Waals surface area contributed by atoms with Gasteiger partial charge in [0.2, 0.25) is 5.95 Å². The fraction of sp³-hybridized carbons (Fsp3) is 0. The van der Waals surface area contributed by atoms with Crippen LogP contribution in [0.4, 0.5) is 0 Å². The van der Waals surface area contributed by atoms with Gasteiger partial charge in [0, 0.05) is 27.1 Å². The second-order valence-corrected chi connectivity index (χ2v) is 10.5. The number of nitrogens with zero attached hydrogens (tertiary/aromatic N) is 5. The standard InChI is InChI=1S/C35H19N5/c1-3-13-24-21(11-1)23-16-9-17-27-30(23)31(24)37-35(36-27)40-29-19-8-6-15-26(29)32-34(40)38-33-25-14-4-2-10-20(25)22-12-5-7-18-28(22)39(32)33/h1-19H. The lowest BCUT2D eigenvalue weighted by molar-refractivity contribution is 1.00. The third kappa shape index (κ3) is 2.37. The van der Waals surface area contributed by atoms with E-state index < -0.39 is 0 Å². The number of benzene rings is 5. The smallest absolute Gasteiger partial charge is 0.237 e. The van der Waals surface area contributed by atoms with E-state index in [1.807, 2.05) is 0 Å². The number of rotatable bonds is 1. The summed E-state index contributed by atoms with van der Waals surface area (Å²) in [6.07, 6.45) is 0. The quantitative estimate of drug-likeness (QED) is 0.209. The van der Waals surface area contributed by atoms with Crippen molar-refractivity contribution in [1.29, 1.82) is 0 Å². The minimum atomic E-state index is 0.638. The molecule has 4 aromatic heterocycles. The van der Waals surface area contributed by atoms with Crippen LogP contribution in [0.25, 0.3) is 88.6 Å². The molecule has 0 amide bonds. The summed E-state index contributed by atoms with van der Waals surface area (Å²) < 4.78 is 4.46. The SMILES string of the molecule is c1ccc2c(c1)-c1cccc3nc(-n4c5ccccc5c5c4nc4c6ccccc6c6ccccc6n45)nc-2c13. The van der Waals surface area contributed by atoms with Crippen LogP contribution in [-0.2, 0) is 0 Å². The maximum Gasteiger partial charge on any atom is 0.237 e. The lowest BCUT2D eigenvalue weighted by Crippen LogP contribution is -2.02. The van der Waals surface area contributed by atoms with Gasteiger partial charge >= 0.3 is 0 Å². The predicted molar refractivity (Wildman–Crippen MR) is 162 cm³/mol. The highest BCUT2D eigenvalue weighted by Gasteiger charge is 2.27. The Hall–Kier alpha value is -5.55. The summed E-state index contributed by atoms with van der Waals surface area (Å²) >= 11 is 0. The lowest BCUT2D eigenvalue weighted by atomic mass is 10.1. The molecule has 0 unspecified atom stereocenters. The fourth-order valence-corrected chi connectivity index (χ4v) is 6.83. The molecule has 1 aliphatic carbocycles. The highest BCUT2D eigenvalue weighted by atomic mass is 15.2. The van der Waals surface area contributed by atoms with E-state index in [1.165, 1.54) is 21.9 Å². The molecule has 0 atom stereocenters. The monoisotopic (exact) mass is 509 g/mol. The Morgan fingerprint density at radius 1 is 0.450 bits per heavy atom. The first-order chi connectivity index (χ1) is 19.9. The topological polar surface area (TPSA) is 48.0 Å². The van der Waals surface area contributed by atoms with Gasteiger partial charge in [0.25, 0.3) is 0 Å². The Bertz CT molecular complexity index is 2550. The Morgan fingerprint density at radius 2 is 1.12 bits per heavy atom. The van der Waals surface area contributed by atoms with E-state index in [2.05, 4.69) is 124 Å². The Kier molecular flexibility index (Phi) is 3.62. The van der Waals surface area contributed by atoms with Crippen molar-refractivity contribution in [2.75, 3.05) is 0 Å². The van der Waals surface area contributed by atoms with E-state index in [1.54, 1.807) is 0 Å². The van der Waals surface area contributed by atoms with Crippen LogP contribution in [-0.4, -0.2) is 23.9 Å². The Labute approximate surface area is 227 Å². The third-order valence-electron chi connectivity index (χ3n) is 8.46. The van der Waals surface area contributed by atoms with Gasteiger partial charge in [0.15, 0.2) is 5.65 Å². The molecule has 10 rings (SSSR count). The number of fused-ring (bicyclic) bond motifs is 13. The molecule has 0 bridgehead atoms. The molecule has 0 saturated heterocycles. The minimum Gasteiger partial charge on any atom is -0.289 e. The van der Waals surface area contributed by atoms with Gasteiger partial charge in [-0.1, -0.05) is 97.1 Å². The molecule has 4 heterocycles. The van der Waals surface area contributed by atoms with E-state index in [9.17, 15) is 0 Å². The summed E-state index contributed by atoms with van der Waals surface area (Å²) in [5, 5.41) is 5.78. The van der Waals surface area contributed by atoms with E-state index >= 15 is 0 Å². The van der Waals surface area contributed by atoms with E-state index in [0.717, 1.165) is 60.8 Å². The molecular weight excluding hydrogens is 490 g/mol. The summed E-state index contributed by atoms with van der Waals surface area (Å²) in [4.78, 5) is 15.8. The molecule has 0 saturated carbocycles. The van der Waals surface area contributed by atoms with E-state index in [0.29, 0.717) is 5.95 Å². The molecule has 1 aliphatic rings. The van der Waals surface area contributed by atoms with Crippen molar-refractivity contribution in [2.45, 2.75) is 0 Å². The summed E-state index contributed by atoms with van der Waals surface area (Å²) in [5.41, 5.74) is 10.5. The van der Waals surface area contributed by atoms with Crippen LogP contribution >= 0.6 is 0 Å². The van der Waals surface area contributed by atoms with Crippen molar-refractivity contribution >= 4 is 60.3 Å². The minimum absolute atomic E-state index is 0.638. The van der Waals surface area contributed by atoms with Crippen molar-refractivity contribution in [3.8, 4) is 28.3 Å². The number of pyridine rings is 1. The van der Waals surface area contributed by atoms with Gasteiger partial charge in [-0.25, -0.2) is 15.0 Å². The molecule has 5 nitrogen and oxygen atoms in total. The van der Waals surface area contributed by atoms with E-state index in [-0.39, 0.29) is 0 Å². The highest BCUT2D eigenvalue weighted by Crippen LogP contribution is 2.46. The molecule has 0 radical (unpaired) electrons. The second-order valence-electron chi connectivity index (χ2n) is 10.5. The molecule has 0 aliphatic heterocycles. The van der Waals surface area contributed by atoms with Crippen molar-refractivity contribution in [3.63, 3.8) is 0 Å². The predicted octanol–water partition coefficient (Wildman–Crippen LogP) is 8.33. The van der Waals surface area contributed by atoms with Crippen LogP contribution < -0.4 is 0 Å². The average molecular weight is 510 g/mol. The molecule has 9 aromatic rings. The summed E-state index contributed by atoms with van der Waals surface area (Å²) in [5.74, 6) is 0.638. The molecule has 184 valence electrons. The highest BCUT2D eigenvalue weighted by molar-refractivity contribution is 6.17.